The van der Waals surface area contributed by atoms with Gasteiger partial charge in [-0.1, -0.05) is 34.1 Å². The fourth-order valence-electron chi connectivity index (χ4n) is 0. The Balaban J connectivity index is 0. The molecule has 2 nitrogen and oxygen atoms in total. The van der Waals surface area contributed by atoms with Crippen molar-refractivity contribution in [1.82, 2.24) is 0 Å². The molecule has 0 fully saturated rings. The Hall–Kier alpha value is -0.530. The van der Waals surface area contributed by atoms with Gasteiger partial charge in [-0.2, -0.15) is 0 Å². The van der Waals surface area contributed by atoms with E-state index in [2.05, 4.69) is 26.5 Å². The number of carbonyl (C=O) groups excluding carboxylic acids is 1. The Morgan fingerprint density at radius 3 is 1.60 bits per heavy atom. The lowest BCUT2D eigenvalue weighted by atomic mass is 10.2. The van der Waals surface area contributed by atoms with Crippen LogP contribution in [0.3, 0.4) is 0 Å². The van der Waals surface area contributed by atoms with Crippen molar-refractivity contribution in [1.29, 1.82) is 0 Å². The molecule has 0 aromatic rings. The van der Waals surface area contributed by atoms with E-state index < -0.39 is 0 Å². The van der Waals surface area contributed by atoms with Gasteiger partial charge in [0.25, 0.3) is 0 Å². The average molecular weight is 145 g/mol. The highest BCUT2D eigenvalue weighted by molar-refractivity contribution is 5.73. The Bertz CT molecular complexity index is 79.3. The quantitative estimate of drug-likeness (QED) is 0.634. The highest BCUT2D eigenvalue weighted by atomic mass is 16.1. The topological polar surface area (TPSA) is 43.1 Å². The summed E-state index contributed by atoms with van der Waals surface area (Å²) in [6.07, 6.45) is 1.75. The fraction of sp³-hybridized carbons (Fsp3) is 0.875. The van der Waals surface area contributed by atoms with Crippen LogP contribution in [0.2, 0.25) is 0 Å². The monoisotopic (exact) mass is 145 g/mol. The molecule has 2 N–H and O–H groups in total. The van der Waals surface area contributed by atoms with Gasteiger partial charge in [0, 0.05) is 6.42 Å². The van der Waals surface area contributed by atoms with Gasteiger partial charge in [-0.05, 0) is 5.92 Å². The first-order chi connectivity index (χ1) is 4.54. The van der Waals surface area contributed by atoms with Gasteiger partial charge in [0.2, 0.25) is 5.91 Å². The summed E-state index contributed by atoms with van der Waals surface area (Å²) in [5.74, 6) is 0.639. The van der Waals surface area contributed by atoms with Crippen LogP contribution in [0.25, 0.3) is 0 Å². The van der Waals surface area contributed by atoms with Crippen molar-refractivity contribution in [2.24, 2.45) is 11.7 Å². The molecule has 62 valence electrons. The van der Waals surface area contributed by atoms with E-state index in [1.165, 1.54) is 6.42 Å². The molecule has 0 rings (SSSR count). The number of hydrogen-bond acceptors (Lipinski definition) is 1. The van der Waals surface area contributed by atoms with Crippen molar-refractivity contribution in [2.75, 3.05) is 0 Å². The predicted octanol–water partition coefficient (Wildman–Crippen LogP) is 1.93. The Morgan fingerprint density at radius 1 is 1.40 bits per heavy atom. The van der Waals surface area contributed by atoms with Gasteiger partial charge in [-0.15, -0.1) is 0 Å². The van der Waals surface area contributed by atoms with Gasteiger partial charge in [0.05, 0.1) is 0 Å². The summed E-state index contributed by atoms with van der Waals surface area (Å²) >= 11 is 0. The highest BCUT2D eigenvalue weighted by Crippen LogP contribution is 1.93. The van der Waals surface area contributed by atoms with E-state index >= 15 is 0 Å². The number of hydrogen-bond donors (Lipinski definition) is 1. The third-order valence-corrected chi connectivity index (χ3v) is 1.16. The Labute approximate surface area is 63.8 Å². The molecule has 0 aromatic heterocycles. The molecule has 0 heterocycles. The second kappa shape index (κ2) is 8.47. The van der Waals surface area contributed by atoms with Gasteiger partial charge in [-0.3, -0.25) is 4.79 Å². The van der Waals surface area contributed by atoms with Crippen molar-refractivity contribution in [3.8, 4) is 0 Å². The van der Waals surface area contributed by atoms with E-state index in [0.29, 0.717) is 6.42 Å². The Morgan fingerprint density at radius 2 is 1.60 bits per heavy atom. The molecule has 0 spiro atoms. The first-order valence-corrected chi connectivity index (χ1v) is 3.82. The summed E-state index contributed by atoms with van der Waals surface area (Å²) in [7, 11) is 0. The maximum absolute atomic E-state index is 9.59. The number of carbonyl (C=O) groups is 1. The van der Waals surface area contributed by atoms with Crippen LogP contribution >= 0.6 is 0 Å². The number of primary amides is 1. The van der Waals surface area contributed by atoms with Crippen LogP contribution in [0.15, 0.2) is 0 Å². The average Bonchev–Trinajstić information content (AvgIpc) is 1.89. The minimum Gasteiger partial charge on any atom is -0.370 e. The van der Waals surface area contributed by atoms with Gasteiger partial charge in [0.1, 0.15) is 0 Å². The molecule has 0 saturated carbocycles. The van der Waals surface area contributed by atoms with E-state index in [9.17, 15) is 4.79 Å². The van der Waals surface area contributed by atoms with Crippen LogP contribution < -0.4 is 5.73 Å². The number of amides is 1. The molecule has 0 atom stereocenters. The zero-order chi connectivity index (χ0) is 8.57. The molecule has 0 unspecified atom stereocenters. The zero-order valence-electron chi connectivity index (χ0n) is 7.48. The molecule has 2 heteroatoms. The summed E-state index contributed by atoms with van der Waals surface area (Å²) in [5.41, 5.74) is 4.65. The summed E-state index contributed by atoms with van der Waals surface area (Å²) in [4.78, 5) is 9.59. The molecule has 0 radical (unpaired) electrons. The molecule has 0 aromatic carbocycles. The van der Waals surface area contributed by atoms with E-state index in [-0.39, 0.29) is 5.91 Å². The summed E-state index contributed by atoms with van der Waals surface area (Å²) < 4.78 is 0. The molecular formula is C8H19NO. The summed E-state index contributed by atoms with van der Waals surface area (Å²) in [6, 6.07) is 0. The first-order valence-electron chi connectivity index (χ1n) is 3.82. The maximum Gasteiger partial charge on any atom is 0.217 e. The number of nitrogens with two attached hydrogens (primary N) is 1. The van der Waals surface area contributed by atoms with Crippen molar-refractivity contribution in [3.05, 3.63) is 0 Å². The van der Waals surface area contributed by atoms with E-state index in [0.717, 1.165) is 5.92 Å². The number of rotatable bonds is 2. The van der Waals surface area contributed by atoms with Crippen molar-refractivity contribution in [3.63, 3.8) is 0 Å². The lowest BCUT2D eigenvalue weighted by Crippen LogP contribution is -2.06. The summed E-state index contributed by atoms with van der Waals surface area (Å²) in [6.45, 7) is 8.37. The van der Waals surface area contributed by atoms with Gasteiger partial charge in [-0.25, -0.2) is 0 Å². The standard InChI is InChI=1S/C5H12.C3H7NO/c1-4-5(2)3;1-2-3(4)5/h5H,4H2,1-3H3;2H2,1H3,(H2,4,5). The largest absolute Gasteiger partial charge is 0.370 e. The smallest absolute Gasteiger partial charge is 0.217 e. The molecule has 10 heavy (non-hydrogen) atoms. The van der Waals surface area contributed by atoms with Crippen molar-refractivity contribution in [2.45, 2.75) is 40.5 Å². The van der Waals surface area contributed by atoms with Gasteiger partial charge >= 0.3 is 0 Å². The van der Waals surface area contributed by atoms with E-state index in [4.69, 9.17) is 0 Å². The first kappa shape index (κ1) is 12.2. The lowest BCUT2D eigenvalue weighted by Gasteiger charge is -1.90. The van der Waals surface area contributed by atoms with E-state index in [1.54, 1.807) is 6.92 Å². The van der Waals surface area contributed by atoms with Crippen LogP contribution in [0.5, 0.6) is 0 Å². The molecule has 0 aliphatic rings. The molecule has 0 saturated heterocycles. The zero-order valence-corrected chi connectivity index (χ0v) is 7.48. The normalized spacial score (nSPS) is 8.50. The summed E-state index contributed by atoms with van der Waals surface area (Å²) in [5, 5.41) is 0. The molecular weight excluding hydrogens is 126 g/mol. The van der Waals surface area contributed by atoms with Crippen molar-refractivity contribution < 1.29 is 4.79 Å². The maximum atomic E-state index is 9.59. The highest BCUT2D eigenvalue weighted by Gasteiger charge is 1.80. The van der Waals surface area contributed by atoms with Crippen LogP contribution in [-0.4, -0.2) is 5.91 Å². The predicted molar refractivity (Wildman–Crippen MR) is 44.6 cm³/mol. The second-order valence-corrected chi connectivity index (χ2v) is 2.62. The minimum absolute atomic E-state index is 0.245. The van der Waals surface area contributed by atoms with Crippen molar-refractivity contribution >= 4 is 5.91 Å². The Kier molecular flexibility index (Phi) is 10.3. The fourth-order valence-corrected chi connectivity index (χ4v) is 0. The van der Waals surface area contributed by atoms with Gasteiger partial charge in [0.15, 0.2) is 0 Å². The SMILES string of the molecule is CCC(C)C.CCC(N)=O. The van der Waals surface area contributed by atoms with Crippen LogP contribution in [0.4, 0.5) is 0 Å². The van der Waals surface area contributed by atoms with Gasteiger partial charge < -0.3 is 5.73 Å². The molecule has 1 amide bonds. The lowest BCUT2D eigenvalue weighted by molar-refractivity contribution is -0.117. The van der Waals surface area contributed by atoms with Crippen LogP contribution in [-0.2, 0) is 4.79 Å². The van der Waals surface area contributed by atoms with Crippen LogP contribution in [0.1, 0.15) is 40.5 Å². The molecule has 0 aliphatic heterocycles. The third kappa shape index (κ3) is 26.0. The third-order valence-electron chi connectivity index (χ3n) is 1.16. The van der Waals surface area contributed by atoms with E-state index in [1.807, 2.05) is 0 Å². The van der Waals surface area contributed by atoms with Crippen LogP contribution in [0, 0.1) is 5.92 Å². The molecule has 0 aliphatic carbocycles. The molecule has 0 bridgehead atoms. The minimum atomic E-state index is -0.245. The second-order valence-electron chi connectivity index (χ2n) is 2.62.